The van der Waals surface area contributed by atoms with Crippen LogP contribution in [-0.2, 0) is 9.59 Å². The van der Waals surface area contributed by atoms with Crippen LogP contribution in [0.2, 0.25) is 0 Å². The van der Waals surface area contributed by atoms with E-state index in [1.54, 1.807) is 6.20 Å². The van der Waals surface area contributed by atoms with Gasteiger partial charge in [-0.1, -0.05) is 6.07 Å². The summed E-state index contributed by atoms with van der Waals surface area (Å²) >= 11 is 1.45. The lowest BCUT2D eigenvalue weighted by Gasteiger charge is -2.13. The number of carbonyl (C=O) groups excluding carboxylic acids is 2. The zero-order valence-corrected chi connectivity index (χ0v) is 14.1. The summed E-state index contributed by atoms with van der Waals surface area (Å²) in [6, 6.07) is 11.1. The van der Waals surface area contributed by atoms with Crippen molar-refractivity contribution in [3.05, 3.63) is 48.2 Å². The molecular formula is C17H19N3O2S. The number of thioether (sulfide) groups is 1. The number of hydrogen-bond donors (Lipinski definition) is 2. The van der Waals surface area contributed by atoms with E-state index >= 15 is 0 Å². The zero-order chi connectivity index (χ0) is 16.8. The summed E-state index contributed by atoms with van der Waals surface area (Å²) in [7, 11) is 0. The standard InChI is InChI=1S/C17H19N3O2S/c1-11-5-4-10-18-16(11)20-17(22)12(2)23-15-8-6-14(7-9-15)19-13(3)21/h4-10,12H,1-3H3,(H,19,21)(H,18,20,22). The number of benzene rings is 1. The number of nitrogens with one attached hydrogen (secondary N) is 2. The van der Waals surface area contributed by atoms with E-state index in [1.807, 2.05) is 50.2 Å². The second kappa shape index (κ2) is 7.78. The third kappa shape index (κ3) is 5.10. The van der Waals surface area contributed by atoms with Gasteiger partial charge in [-0.2, -0.15) is 0 Å². The molecule has 0 radical (unpaired) electrons. The monoisotopic (exact) mass is 329 g/mol. The Hall–Kier alpha value is -2.34. The molecule has 5 nitrogen and oxygen atoms in total. The van der Waals surface area contributed by atoms with Crippen molar-refractivity contribution in [2.45, 2.75) is 30.9 Å². The van der Waals surface area contributed by atoms with E-state index in [-0.39, 0.29) is 17.1 Å². The van der Waals surface area contributed by atoms with Gasteiger partial charge in [0.25, 0.3) is 0 Å². The van der Waals surface area contributed by atoms with Gasteiger partial charge in [0.1, 0.15) is 5.82 Å². The van der Waals surface area contributed by atoms with Crippen LogP contribution in [0.25, 0.3) is 0 Å². The van der Waals surface area contributed by atoms with Crippen molar-refractivity contribution >= 4 is 35.1 Å². The Bertz CT molecular complexity index is 701. The molecule has 0 fully saturated rings. The fraction of sp³-hybridized carbons (Fsp3) is 0.235. The maximum Gasteiger partial charge on any atom is 0.238 e. The molecule has 2 amide bonds. The van der Waals surface area contributed by atoms with Gasteiger partial charge in [0.05, 0.1) is 5.25 Å². The van der Waals surface area contributed by atoms with E-state index in [0.717, 1.165) is 16.1 Å². The lowest BCUT2D eigenvalue weighted by molar-refractivity contribution is -0.115. The first-order chi connectivity index (χ1) is 11.0. The predicted molar refractivity (Wildman–Crippen MR) is 93.7 cm³/mol. The van der Waals surface area contributed by atoms with Crippen molar-refractivity contribution in [1.29, 1.82) is 0 Å². The number of hydrogen-bond acceptors (Lipinski definition) is 4. The SMILES string of the molecule is CC(=O)Nc1ccc(SC(C)C(=O)Nc2ncccc2C)cc1. The molecular weight excluding hydrogens is 310 g/mol. The van der Waals surface area contributed by atoms with E-state index in [9.17, 15) is 9.59 Å². The van der Waals surface area contributed by atoms with Crippen LogP contribution in [0.1, 0.15) is 19.4 Å². The number of aryl methyl sites for hydroxylation is 1. The summed E-state index contributed by atoms with van der Waals surface area (Å²) < 4.78 is 0. The average Bonchev–Trinajstić information content (AvgIpc) is 2.51. The first kappa shape index (κ1) is 17.0. The number of aromatic nitrogens is 1. The maximum absolute atomic E-state index is 12.3. The molecule has 1 unspecified atom stereocenters. The highest BCUT2D eigenvalue weighted by Gasteiger charge is 2.15. The van der Waals surface area contributed by atoms with E-state index in [2.05, 4.69) is 15.6 Å². The smallest absolute Gasteiger partial charge is 0.238 e. The molecule has 0 saturated heterocycles. The highest BCUT2D eigenvalue weighted by atomic mass is 32.2. The maximum atomic E-state index is 12.3. The van der Waals surface area contributed by atoms with Crippen LogP contribution >= 0.6 is 11.8 Å². The second-order valence-corrected chi connectivity index (χ2v) is 6.54. The number of nitrogens with zero attached hydrogens (tertiary/aromatic N) is 1. The minimum absolute atomic E-state index is 0.0947. The number of carbonyl (C=O) groups is 2. The van der Waals surface area contributed by atoms with Gasteiger partial charge < -0.3 is 10.6 Å². The Morgan fingerprint density at radius 1 is 1.13 bits per heavy atom. The number of anilines is 2. The Balaban J connectivity index is 1.95. The Morgan fingerprint density at radius 2 is 1.83 bits per heavy atom. The summed E-state index contributed by atoms with van der Waals surface area (Å²) in [4.78, 5) is 28.4. The van der Waals surface area contributed by atoms with Crippen molar-refractivity contribution in [2.24, 2.45) is 0 Å². The molecule has 2 N–H and O–H groups in total. The molecule has 120 valence electrons. The van der Waals surface area contributed by atoms with E-state index in [0.29, 0.717) is 5.82 Å². The van der Waals surface area contributed by atoms with E-state index in [4.69, 9.17) is 0 Å². The minimum Gasteiger partial charge on any atom is -0.326 e. The molecule has 1 aromatic carbocycles. The molecule has 0 aliphatic carbocycles. The predicted octanol–water partition coefficient (Wildman–Crippen LogP) is 3.47. The van der Waals surface area contributed by atoms with Crippen LogP contribution in [0.3, 0.4) is 0 Å². The van der Waals surface area contributed by atoms with Gasteiger partial charge in [0.2, 0.25) is 11.8 Å². The molecule has 0 saturated carbocycles. The van der Waals surface area contributed by atoms with Gasteiger partial charge in [-0.15, -0.1) is 11.8 Å². The Morgan fingerprint density at radius 3 is 2.43 bits per heavy atom. The van der Waals surface area contributed by atoms with Gasteiger partial charge >= 0.3 is 0 Å². The first-order valence-electron chi connectivity index (χ1n) is 7.22. The van der Waals surface area contributed by atoms with Gasteiger partial charge in [-0.25, -0.2) is 4.98 Å². The fourth-order valence-electron chi connectivity index (χ4n) is 1.91. The van der Waals surface area contributed by atoms with Crippen molar-refractivity contribution in [3.63, 3.8) is 0 Å². The zero-order valence-electron chi connectivity index (χ0n) is 13.3. The summed E-state index contributed by atoms with van der Waals surface area (Å²) in [5, 5.41) is 5.29. The van der Waals surface area contributed by atoms with Crippen LogP contribution in [0.4, 0.5) is 11.5 Å². The Labute approximate surface area is 139 Å². The largest absolute Gasteiger partial charge is 0.326 e. The molecule has 23 heavy (non-hydrogen) atoms. The summed E-state index contributed by atoms with van der Waals surface area (Å²) in [5.74, 6) is 0.387. The van der Waals surface area contributed by atoms with Crippen molar-refractivity contribution in [1.82, 2.24) is 4.98 Å². The lowest BCUT2D eigenvalue weighted by atomic mass is 10.3. The molecule has 2 rings (SSSR count). The molecule has 0 bridgehead atoms. The number of rotatable bonds is 5. The minimum atomic E-state index is -0.261. The fourth-order valence-corrected chi connectivity index (χ4v) is 2.78. The molecule has 0 spiro atoms. The van der Waals surface area contributed by atoms with Crippen LogP contribution in [-0.4, -0.2) is 22.0 Å². The van der Waals surface area contributed by atoms with E-state index < -0.39 is 0 Å². The van der Waals surface area contributed by atoms with Crippen molar-refractivity contribution in [3.8, 4) is 0 Å². The van der Waals surface area contributed by atoms with Crippen LogP contribution in [0.15, 0.2) is 47.5 Å². The third-order valence-corrected chi connectivity index (χ3v) is 4.22. The first-order valence-corrected chi connectivity index (χ1v) is 8.10. The van der Waals surface area contributed by atoms with Crippen molar-refractivity contribution in [2.75, 3.05) is 10.6 Å². The molecule has 2 aromatic rings. The molecule has 6 heteroatoms. The topological polar surface area (TPSA) is 71.1 Å². The highest BCUT2D eigenvalue weighted by molar-refractivity contribution is 8.00. The quantitative estimate of drug-likeness (QED) is 0.824. The second-order valence-electron chi connectivity index (χ2n) is 5.12. The summed E-state index contributed by atoms with van der Waals surface area (Å²) in [6.07, 6.45) is 1.65. The molecule has 1 aromatic heterocycles. The van der Waals surface area contributed by atoms with Crippen molar-refractivity contribution < 1.29 is 9.59 Å². The average molecular weight is 329 g/mol. The summed E-state index contributed by atoms with van der Waals surface area (Å²) in [5.41, 5.74) is 1.67. The molecule has 0 aliphatic heterocycles. The molecule has 1 heterocycles. The highest BCUT2D eigenvalue weighted by Crippen LogP contribution is 2.25. The Kier molecular flexibility index (Phi) is 5.76. The van der Waals surface area contributed by atoms with Crippen LogP contribution < -0.4 is 10.6 Å². The molecule has 1 atom stereocenters. The number of pyridine rings is 1. The van der Waals surface area contributed by atoms with Gasteiger partial charge in [0.15, 0.2) is 0 Å². The van der Waals surface area contributed by atoms with Crippen LogP contribution in [0.5, 0.6) is 0 Å². The summed E-state index contributed by atoms with van der Waals surface area (Å²) in [6.45, 7) is 5.22. The van der Waals surface area contributed by atoms with E-state index in [1.165, 1.54) is 18.7 Å². The number of amides is 2. The normalized spacial score (nSPS) is 11.6. The lowest BCUT2D eigenvalue weighted by Crippen LogP contribution is -2.23. The van der Waals surface area contributed by atoms with Gasteiger partial charge in [-0.05, 0) is 49.7 Å². The van der Waals surface area contributed by atoms with Gasteiger partial charge in [0, 0.05) is 23.7 Å². The van der Waals surface area contributed by atoms with Gasteiger partial charge in [-0.3, -0.25) is 9.59 Å². The third-order valence-electron chi connectivity index (χ3n) is 3.11. The molecule has 0 aliphatic rings. The van der Waals surface area contributed by atoms with Crippen LogP contribution in [0, 0.1) is 6.92 Å².